The van der Waals surface area contributed by atoms with Gasteiger partial charge in [0.2, 0.25) is 23.6 Å². The first kappa shape index (κ1) is 101. The Morgan fingerprint density at radius 2 is 0.931 bits per heavy atom. The summed E-state index contributed by atoms with van der Waals surface area (Å²) in [5.74, 6) is 1.88. The van der Waals surface area contributed by atoms with Crippen LogP contribution in [0.15, 0.2) is 249 Å². The van der Waals surface area contributed by atoms with E-state index in [1.807, 2.05) is 167 Å². The molecule has 744 valence electrons. The van der Waals surface area contributed by atoms with Gasteiger partial charge < -0.3 is 82.4 Å². The molecule has 14 aromatic rings. The molecule has 0 fully saturated rings. The summed E-state index contributed by atoms with van der Waals surface area (Å²) in [7, 11) is 4.27. The monoisotopic (exact) mass is 1930 g/mol. The fraction of sp³-hybridized carbons (Fsp3) is 0.314. The third-order valence-electron chi connectivity index (χ3n) is 27.1. The summed E-state index contributed by atoms with van der Waals surface area (Å²) in [4.78, 5) is 97.6. The van der Waals surface area contributed by atoms with Crippen molar-refractivity contribution < 1.29 is 47.8 Å². The summed E-state index contributed by atoms with van der Waals surface area (Å²) in [6, 6.07) is 80.6. The zero-order valence-electron chi connectivity index (χ0n) is 84.6. The van der Waals surface area contributed by atoms with E-state index >= 15 is 0 Å². The summed E-state index contributed by atoms with van der Waals surface area (Å²) >= 11 is 0. The number of rotatable bonds is 15. The van der Waals surface area contributed by atoms with E-state index in [0.717, 1.165) is 116 Å². The minimum absolute atomic E-state index is 0.0340. The molecule has 0 saturated heterocycles. The molecule has 26 nitrogen and oxygen atoms in total. The van der Waals surface area contributed by atoms with E-state index in [-0.39, 0.29) is 83.8 Å². The number of ether oxygens (including phenoxy) is 2. The van der Waals surface area contributed by atoms with Crippen molar-refractivity contribution >= 4 is 126 Å². The van der Waals surface area contributed by atoms with Crippen molar-refractivity contribution in [1.29, 1.82) is 0 Å². The summed E-state index contributed by atoms with van der Waals surface area (Å²) < 4.78 is 18.1. The largest absolute Gasteiger partial charge is 0.493 e. The topological polar surface area (TPSA) is 327 Å². The minimum Gasteiger partial charge on any atom is -0.493 e. The average molecular weight is 1930 g/mol. The normalized spacial score (nSPS) is 18.1. The van der Waals surface area contributed by atoms with Crippen LogP contribution in [0.25, 0.3) is 55.4 Å². The van der Waals surface area contributed by atoms with Crippen molar-refractivity contribution in [2.24, 2.45) is 14.1 Å². The highest BCUT2D eigenvalue weighted by Crippen LogP contribution is 2.45. The number of nitrogens with zero attached hydrogens (tertiary/aromatic N) is 4. The third kappa shape index (κ3) is 23.7. The van der Waals surface area contributed by atoms with E-state index in [0.29, 0.717) is 116 Å². The smallest absolute Gasteiger partial charge is 0.253 e. The maximum absolute atomic E-state index is 13.0. The zero-order valence-corrected chi connectivity index (χ0v) is 84.6. The molecule has 0 radical (unpaired) electrons. The first-order valence-corrected chi connectivity index (χ1v) is 50.3. The lowest BCUT2D eigenvalue weighted by molar-refractivity contribution is -0.119. The standard InChI is InChI=1S/C23H26N2O.C21H22N2O.C20H21N3O3.C20H23N3O2.C17H22N4O.C17H18N2O2/c1-4-8-19-18-10-5-6-12-21(18)25(3)23(19)20-11-7-9-16-14-17(26)13-15(2)24-22(16)20;1-13-11-16(24)12-15-7-6-9-18(20(15)22-13)21-14(2)17-8-4-5-10-19(17)23(21)3;1-12-11-18(24)22-16-7-4-6-14(19(16)21-12)20(25)23-15-9-10-26-17-8-3-2-5-13(15)17;1-3-16(14-8-5-4-6-9-14)23-20(25)15-10-7-11-17-19(15)21-13(2)12-18(24)22-17;1-10(2)21-12(4)14(9-18-21)13-6-5-7-15-17(13)19-11(3)8-16(22)20-15;1-12-9-17(20)19-15-8-7-14(10-16(15)18-12)21-11-13-5-3-2-4-6-13/h5-7,9-12,15,24H,4,8,13-14H2,1-3H3;4-10,13,22H,11-12H2,1-3H3;2-8,12,15,21H,9-11H2,1H3,(H,22,24)(H,23,25);4-11,13,16,21H,3,12H2,1-2H3,(H,22,24)(H,23,25);5-7,9-11,19H,8H2,1-4H3,(H,20,22);2-8,10,12,18H,9,11H2,1H3,(H,19,20)/t15-;13-;12-,15-;13-,16-;11-;12-/m111111/s1. The lowest BCUT2D eigenvalue weighted by Crippen LogP contribution is -2.32. The Balaban J connectivity index is 0.000000124. The molecule has 0 aliphatic carbocycles. The number of carbonyl (C=O) groups is 8. The number of benzene rings is 11. The number of anilines is 10. The number of amides is 6. The molecule has 7 aliphatic rings. The second-order valence-corrected chi connectivity index (χ2v) is 38.9. The van der Waals surface area contributed by atoms with E-state index in [4.69, 9.17) is 9.47 Å². The molecule has 0 spiro atoms. The first-order chi connectivity index (χ1) is 69.5. The number of para-hydroxylation sites is 8. The van der Waals surface area contributed by atoms with Crippen molar-refractivity contribution in [1.82, 2.24) is 29.5 Å². The Morgan fingerprint density at radius 1 is 0.458 bits per heavy atom. The molecule has 3 aromatic heterocycles. The summed E-state index contributed by atoms with van der Waals surface area (Å²) in [5.41, 5.74) is 28.3. The Labute approximate surface area is 842 Å². The van der Waals surface area contributed by atoms with E-state index in [1.165, 1.54) is 55.4 Å². The Bertz CT molecular complexity index is 7040. The highest BCUT2D eigenvalue weighted by Gasteiger charge is 2.33. The van der Waals surface area contributed by atoms with E-state index in [2.05, 4.69) is 232 Å². The fourth-order valence-corrected chi connectivity index (χ4v) is 20.4. The van der Waals surface area contributed by atoms with Gasteiger partial charge in [0.15, 0.2) is 0 Å². The molecule has 144 heavy (non-hydrogen) atoms. The number of hydrogen-bond donors (Lipinski definition) is 12. The second-order valence-electron chi connectivity index (χ2n) is 38.9. The van der Waals surface area contributed by atoms with E-state index in [9.17, 15) is 38.4 Å². The van der Waals surface area contributed by atoms with Crippen LogP contribution in [-0.2, 0) is 68.7 Å². The van der Waals surface area contributed by atoms with Gasteiger partial charge in [-0.3, -0.25) is 43.0 Å². The number of fused-ring (bicyclic) bond motifs is 9. The molecule has 0 unspecified atom stereocenters. The number of aryl methyl sites for hydroxylation is 4. The molecule has 11 aromatic carbocycles. The molecule has 21 rings (SSSR count). The number of aromatic nitrogens is 4. The van der Waals surface area contributed by atoms with Gasteiger partial charge in [0, 0.05) is 187 Å². The van der Waals surface area contributed by atoms with Gasteiger partial charge >= 0.3 is 0 Å². The number of carbonyl (C=O) groups excluding carboxylic acids is 8. The van der Waals surface area contributed by atoms with E-state index in [1.54, 1.807) is 30.3 Å². The molecule has 0 saturated carbocycles. The highest BCUT2D eigenvalue weighted by molar-refractivity contribution is 6.09. The molecular formula is C118H132N16O10. The van der Waals surface area contributed by atoms with Crippen molar-refractivity contribution in [3.63, 3.8) is 0 Å². The minimum atomic E-state index is -0.167. The summed E-state index contributed by atoms with van der Waals surface area (Å²) in [6.07, 6.45) is 9.47. The van der Waals surface area contributed by atoms with Crippen molar-refractivity contribution in [2.45, 2.75) is 221 Å². The average Bonchev–Trinajstić information content (AvgIpc) is 1.51. The van der Waals surface area contributed by atoms with Gasteiger partial charge in [0.1, 0.15) is 29.7 Å². The number of ketones is 2. The van der Waals surface area contributed by atoms with Gasteiger partial charge in [-0.05, 0) is 176 Å². The fourth-order valence-electron chi connectivity index (χ4n) is 20.4. The number of hydrogen-bond acceptors (Lipinski definition) is 17. The third-order valence-corrected chi connectivity index (χ3v) is 27.1. The lowest BCUT2D eigenvalue weighted by Gasteiger charge is -2.27. The predicted octanol–water partition coefficient (Wildman–Crippen LogP) is 23.4. The van der Waals surface area contributed by atoms with E-state index < -0.39 is 0 Å². The van der Waals surface area contributed by atoms with Gasteiger partial charge in [-0.25, -0.2) is 0 Å². The Morgan fingerprint density at radius 3 is 1.50 bits per heavy atom. The van der Waals surface area contributed by atoms with Crippen LogP contribution in [0.2, 0.25) is 0 Å². The molecule has 26 heteroatoms. The van der Waals surface area contributed by atoms with Gasteiger partial charge in [0.05, 0.1) is 92.9 Å². The SMILES string of the molecule is CCCc1c(-c2cccc3c2N[C@H](C)CC(=O)C3)n(C)c2ccccc12.CC[C@@H](NC(=O)c1cccc2c1N[C@H](C)CC(=O)N2)c1ccccc1.C[C@@H]1CC(=O)Nc2ccc(OCc3ccccc3)cc2N1.C[C@@H]1CC(=O)Nc2cccc(C(=O)N[C@@H]3CCOc4ccccc43)c2N1.Cc1c(-c2cccc3c2N[C@H](C)CC(=O)C3)n(C)c2ccccc12.Cc1c(-c2cccc3c2N[C@H](C)CC(=O)N3)cnn1C(C)C. The van der Waals surface area contributed by atoms with Gasteiger partial charge in [-0.2, -0.15) is 5.10 Å². The predicted molar refractivity (Wildman–Crippen MR) is 580 cm³/mol. The number of Topliss-reactive ketones (excluding diaryl/α,β-unsaturated/α-hetero) is 2. The van der Waals surface area contributed by atoms with Crippen molar-refractivity contribution in [3.8, 4) is 45.1 Å². The Hall–Kier alpha value is -15.7. The van der Waals surface area contributed by atoms with Crippen LogP contribution in [0.3, 0.4) is 0 Å². The van der Waals surface area contributed by atoms with Crippen LogP contribution in [0.5, 0.6) is 11.5 Å². The van der Waals surface area contributed by atoms with Crippen LogP contribution in [0.4, 0.5) is 56.9 Å². The van der Waals surface area contributed by atoms with Gasteiger partial charge in [0.25, 0.3) is 11.8 Å². The molecule has 10 heterocycles. The maximum atomic E-state index is 13.0. The second kappa shape index (κ2) is 45.9. The molecule has 6 amide bonds. The first-order valence-electron chi connectivity index (χ1n) is 50.3. The van der Waals surface area contributed by atoms with Crippen molar-refractivity contribution in [2.75, 3.05) is 59.8 Å². The molecule has 7 aliphatic heterocycles. The quantitative estimate of drug-likeness (QED) is 0.0454. The molecule has 12 N–H and O–H groups in total. The Kier molecular flexibility index (Phi) is 32.3. The molecule has 8 atom stereocenters. The number of nitrogens with one attached hydrogen (secondary N) is 12. The van der Waals surface area contributed by atoms with Gasteiger partial charge in [-0.15, -0.1) is 0 Å². The maximum Gasteiger partial charge on any atom is 0.253 e. The van der Waals surface area contributed by atoms with Gasteiger partial charge in [-0.1, -0.05) is 196 Å². The highest BCUT2D eigenvalue weighted by atomic mass is 16.5. The lowest BCUT2D eigenvalue weighted by atomic mass is 9.97. The molecular weight excluding hydrogens is 1800 g/mol. The van der Waals surface area contributed by atoms with Crippen LogP contribution < -0.4 is 73.3 Å². The van der Waals surface area contributed by atoms with Crippen LogP contribution in [-0.4, -0.2) is 109 Å². The summed E-state index contributed by atoms with van der Waals surface area (Å²) in [5, 5.41) is 45.5. The van der Waals surface area contributed by atoms with Crippen molar-refractivity contribution in [3.05, 3.63) is 305 Å². The van der Waals surface area contributed by atoms with Crippen LogP contribution in [0, 0.1) is 13.8 Å². The molecule has 0 bridgehead atoms. The van der Waals surface area contributed by atoms with Crippen LogP contribution >= 0.6 is 0 Å². The zero-order chi connectivity index (χ0) is 102. The summed E-state index contributed by atoms with van der Waals surface area (Å²) in [6.45, 7) is 25.9. The van der Waals surface area contributed by atoms with Crippen LogP contribution in [0.1, 0.15) is 211 Å².